The Labute approximate surface area is 109 Å². The maximum atomic E-state index is 12.9. The van der Waals surface area contributed by atoms with Gasteiger partial charge >= 0.3 is 6.18 Å². The van der Waals surface area contributed by atoms with E-state index in [0.29, 0.717) is 10.0 Å². The van der Waals surface area contributed by atoms with Gasteiger partial charge in [0.25, 0.3) is 0 Å². The zero-order valence-corrected chi connectivity index (χ0v) is 10.9. The van der Waals surface area contributed by atoms with Gasteiger partial charge in [0, 0.05) is 16.1 Å². The van der Waals surface area contributed by atoms with E-state index in [9.17, 15) is 13.2 Å². The van der Waals surface area contributed by atoms with Gasteiger partial charge in [0.2, 0.25) is 0 Å². The van der Waals surface area contributed by atoms with Crippen LogP contribution in [-0.2, 0) is 6.18 Å². The van der Waals surface area contributed by atoms with Crippen molar-refractivity contribution in [2.45, 2.75) is 13.1 Å². The monoisotopic (exact) mass is 323 g/mol. The molecular formula is C11H6BrClF3N. The van der Waals surface area contributed by atoms with Crippen molar-refractivity contribution in [1.29, 1.82) is 0 Å². The molecule has 0 N–H and O–H groups in total. The number of hydrogen-bond acceptors (Lipinski definition) is 1. The molecule has 2 rings (SSSR count). The summed E-state index contributed by atoms with van der Waals surface area (Å²) >= 11 is 9.12. The Kier molecular flexibility index (Phi) is 3.08. The topological polar surface area (TPSA) is 12.9 Å². The second-order valence-corrected chi connectivity index (χ2v) is 4.80. The Morgan fingerprint density at radius 3 is 2.53 bits per heavy atom. The minimum atomic E-state index is -4.45. The predicted molar refractivity (Wildman–Crippen MR) is 64.2 cm³/mol. The van der Waals surface area contributed by atoms with E-state index >= 15 is 0 Å². The summed E-state index contributed by atoms with van der Waals surface area (Å²) in [7, 11) is 0. The molecule has 1 heterocycles. The highest BCUT2D eigenvalue weighted by Crippen LogP contribution is 2.40. The Morgan fingerprint density at radius 1 is 1.29 bits per heavy atom. The number of fused-ring (bicyclic) bond motifs is 1. The van der Waals surface area contributed by atoms with Crippen molar-refractivity contribution in [3.8, 4) is 0 Å². The number of rotatable bonds is 0. The third-order valence-electron chi connectivity index (χ3n) is 2.39. The maximum absolute atomic E-state index is 12.9. The average molecular weight is 325 g/mol. The highest BCUT2D eigenvalue weighted by atomic mass is 79.9. The third kappa shape index (κ3) is 2.13. The Balaban J connectivity index is 2.97. The van der Waals surface area contributed by atoms with Gasteiger partial charge in [-0.2, -0.15) is 13.2 Å². The number of pyridine rings is 1. The molecule has 17 heavy (non-hydrogen) atoms. The van der Waals surface area contributed by atoms with Crippen LogP contribution >= 0.6 is 27.5 Å². The minimum absolute atomic E-state index is 0.0615. The first kappa shape index (κ1) is 12.6. The zero-order chi connectivity index (χ0) is 12.8. The first-order chi connectivity index (χ1) is 7.82. The van der Waals surface area contributed by atoms with E-state index in [1.807, 2.05) is 0 Å². The maximum Gasteiger partial charge on any atom is 0.417 e. The third-order valence-corrected chi connectivity index (χ3v) is 3.51. The first-order valence-corrected chi connectivity index (χ1v) is 5.80. The Bertz CT molecular complexity index is 595. The number of aryl methyl sites for hydroxylation is 1. The summed E-state index contributed by atoms with van der Waals surface area (Å²) in [6.45, 7) is 1.62. The van der Waals surface area contributed by atoms with E-state index in [-0.39, 0.29) is 15.9 Å². The van der Waals surface area contributed by atoms with Gasteiger partial charge in [-0.05, 0) is 40.5 Å². The Hall–Kier alpha value is -0.810. The molecule has 0 aliphatic carbocycles. The van der Waals surface area contributed by atoms with Crippen LogP contribution in [0.4, 0.5) is 13.2 Å². The number of aromatic nitrogens is 1. The molecule has 0 saturated carbocycles. The normalized spacial score (nSPS) is 12.1. The lowest BCUT2D eigenvalue weighted by Gasteiger charge is -2.13. The van der Waals surface area contributed by atoms with Gasteiger partial charge in [0.15, 0.2) is 0 Å². The molecule has 0 saturated heterocycles. The minimum Gasteiger partial charge on any atom is -0.255 e. The molecule has 0 fully saturated rings. The number of benzene rings is 1. The molecule has 90 valence electrons. The first-order valence-electron chi connectivity index (χ1n) is 4.63. The van der Waals surface area contributed by atoms with Gasteiger partial charge in [-0.25, -0.2) is 0 Å². The van der Waals surface area contributed by atoms with Crippen molar-refractivity contribution in [2.75, 3.05) is 0 Å². The summed E-state index contributed by atoms with van der Waals surface area (Å²) in [5, 5.41) is 0.0252. The van der Waals surface area contributed by atoms with Gasteiger partial charge in [0.1, 0.15) is 0 Å². The summed E-state index contributed by atoms with van der Waals surface area (Å²) in [6.07, 6.45) is -2.99. The van der Waals surface area contributed by atoms with Gasteiger partial charge in [0.05, 0.1) is 16.1 Å². The standard InChI is InChI=1S/C11H6BrClF3N/c1-5-4-17-10-7(12)3-2-6(11(14,15)16)8(10)9(5)13/h2-4H,1H3. The number of nitrogens with zero attached hydrogens (tertiary/aromatic N) is 1. The zero-order valence-electron chi connectivity index (χ0n) is 8.57. The molecule has 2 aromatic rings. The summed E-state index contributed by atoms with van der Waals surface area (Å²) in [5.74, 6) is 0. The smallest absolute Gasteiger partial charge is 0.255 e. The lowest BCUT2D eigenvalue weighted by atomic mass is 10.1. The molecule has 1 aromatic carbocycles. The Morgan fingerprint density at radius 2 is 1.94 bits per heavy atom. The summed E-state index contributed by atoms with van der Waals surface area (Å²) in [4.78, 5) is 3.98. The van der Waals surface area contributed by atoms with Crippen molar-refractivity contribution in [3.05, 3.63) is 39.0 Å². The van der Waals surface area contributed by atoms with Crippen LogP contribution in [-0.4, -0.2) is 4.98 Å². The van der Waals surface area contributed by atoms with Gasteiger partial charge in [-0.3, -0.25) is 4.98 Å². The van der Waals surface area contributed by atoms with E-state index in [2.05, 4.69) is 20.9 Å². The lowest BCUT2D eigenvalue weighted by molar-refractivity contribution is -0.136. The molecule has 0 radical (unpaired) electrons. The second kappa shape index (κ2) is 4.14. The fourth-order valence-electron chi connectivity index (χ4n) is 1.57. The summed E-state index contributed by atoms with van der Waals surface area (Å²) in [6, 6.07) is 2.32. The van der Waals surface area contributed by atoms with Crippen LogP contribution in [0.25, 0.3) is 10.9 Å². The van der Waals surface area contributed by atoms with Crippen LogP contribution in [0.2, 0.25) is 5.02 Å². The van der Waals surface area contributed by atoms with E-state index in [0.717, 1.165) is 6.07 Å². The number of alkyl halides is 3. The van der Waals surface area contributed by atoms with Crippen molar-refractivity contribution in [1.82, 2.24) is 4.98 Å². The van der Waals surface area contributed by atoms with Gasteiger partial charge < -0.3 is 0 Å². The van der Waals surface area contributed by atoms with Crippen molar-refractivity contribution >= 4 is 38.4 Å². The molecule has 0 amide bonds. The molecule has 0 atom stereocenters. The molecule has 0 bridgehead atoms. The van der Waals surface area contributed by atoms with E-state index in [1.165, 1.54) is 12.3 Å². The summed E-state index contributed by atoms with van der Waals surface area (Å²) < 4.78 is 39.1. The van der Waals surface area contributed by atoms with E-state index in [4.69, 9.17) is 11.6 Å². The van der Waals surface area contributed by atoms with E-state index < -0.39 is 11.7 Å². The van der Waals surface area contributed by atoms with E-state index in [1.54, 1.807) is 6.92 Å². The molecule has 0 aliphatic heterocycles. The van der Waals surface area contributed by atoms with Crippen molar-refractivity contribution < 1.29 is 13.2 Å². The van der Waals surface area contributed by atoms with Crippen LogP contribution in [0.15, 0.2) is 22.8 Å². The molecular weight excluding hydrogens is 318 g/mol. The molecule has 1 aromatic heterocycles. The lowest BCUT2D eigenvalue weighted by Crippen LogP contribution is -2.06. The SMILES string of the molecule is Cc1cnc2c(Br)ccc(C(F)(F)F)c2c1Cl. The molecule has 1 nitrogen and oxygen atoms in total. The van der Waals surface area contributed by atoms with Crippen LogP contribution in [0.5, 0.6) is 0 Å². The van der Waals surface area contributed by atoms with Crippen LogP contribution in [0, 0.1) is 6.92 Å². The quantitative estimate of drug-likeness (QED) is 0.666. The van der Waals surface area contributed by atoms with Crippen LogP contribution < -0.4 is 0 Å². The molecule has 6 heteroatoms. The fraction of sp³-hybridized carbons (Fsp3) is 0.182. The average Bonchev–Trinajstić information content (AvgIpc) is 2.22. The molecule has 0 aliphatic rings. The highest BCUT2D eigenvalue weighted by molar-refractivity contribution is 9.10. The van der Waals surface area contributed by atoms with Crippen LogP contribution in [0.3, 0.4) is 0 Å². The number of halogens is 5. The molecule has 0 unspecified atom stereocenters. The van der Waals surface area contributed by atoms with Crippen LogP contribution in [0.1, 0.15) is 11.1 Å². The summed E-state index contributed by atoms with van der Waals surface area (Å²) in [5.41, 5.74) is -0.0323. The van der Waals surface area contributed by atoms with Gasteiger partial charge in [-0.15, -0.1) is 0 Å². The van der Waals surface area contributed by atoms with Crippen molar-refractivity contribution in [2.24, 2.45) is 0 Å². The van der Waals surface area contributed by atoms with Gasteiger partial charge in [-0.1, -0.05) is 11.6 Å². The highest BCUT2D eigenvalue weighted by Gasteiger charge is 2.34. The number of hydrogen-bond donors (Lipinski definition) is 0. The van der Waals surface area contributed by atoms with Crippen molar-refractivity contribution in [3.63, 3.8) is 0 Å². The molecule has 0 spiro atoms. The largest absolute Gasteiger partial charge is 0.417 e. The fourth-order valence-corrected chi connectivity index (χ4v) is 2.24. The predicted octanol–water partition coefficient (Wildman–Crippen LogP) is 4.98. The second-order valence-electron chi connectivity index (χ2n) is 3.57.